The topological polar surface area (TPSA) is 63.5 Å². The van der Waals surface area contributed by atoms with Crippen LogP contribution in [0, 0.1) is 19.8 Å². The zero-order chi connectivity index (χ0) is 15.7. The maximum absolute atomic E-state index is 5.29. The number of rotatable bonds is 8. The summed E-state index contributed by atoms with van der Waals surface area (Å²) in [6, 6.07) is 2.11. The van der Waals surface area contributed by atoms with Gasteiger partial charge in [-0.2, -0.15) is 5.10 Å². The molecule has 0 fully saturated rings. The van der Waals surface area contributed by atoms with Crippen LogP contribution in [0.25, 0.3) is 0 Å². The molecule has 0 bridgehead atoms. The van der Waals surface area contributed by atoms with Crippen molar-refractivity contribution in [2.24, 2.45) is 10.9 Å². The first kappa shape index (κ1) is 17.5. The second-order valence-electron chi connectivity index (χ2n) is 5.29. The molecule has 1 unspecified atom stereocenters. The van der Waals surface area contributed by atoms with Gasteiger partial charge in [0.1, 0.15) is 0 Å². The fourth-order valence-electron chi connectivity index (χ4n) is 2.10. The van der Waals surface area contributed by atoms with Crippen LogP contribution in [0.4, 0.5) is 0 Å². The van der Waals surface area contributed by atoms with E-state index in [9.17, 15) is 0 Å². The molecule has 21 heavy (non-hydrogen) atoms. The SMILES string of the molecule is CCOCCNC(=NC)NCC(C)Cn1nc(C)cc1C. The molecule has 0 radical (unpaired) electrons. The van der Waals surface area contributed by atoms with Crippen LogP contribution in [0.15, 0.2) is 11.1 Å². The van der Waals surface area contributed by atoms with Crippen molar-refractivity contribution in [3.63, 3.8) is 0 Å². The third kappa shape index (κ3) is 6.62. The summed E-state index contributed by atoms with van der Waals surface area (Å²) in [5, 5.41) is 11.1. The van der Waals surface area contributed by atoms with E-state index >= 15 is 0 Å². The van der Waals surface area contributed by atoms with Crippen molar-refractivity contribution in [1.82, 2.24) is 20.4 Å². The van der Waals surface area contributed by atoms with Crippen LogP contribution < -0.4 is 10.6 Å². The number of nitrogens with zero attached hydrogens (tertiary/aromatic N) is 3. The number of aliphatic imine (C=N–C) groups is 1. The molecule has 1 atom stereocenters. The first-order chi connectivity index (χ1) is 10.1. The Balaban J connectivity index is 2.30. The summed E-state index contributed by atoms with van der Waals surface area (Å²) in [4.78, 5) is 4.20. The molecule has 0 aromatic carbocycles. The Morgan fingerprint density at radius 1 is 1.43 bits per heavy atom. The van der Waals surface area contributed by atoms with Gasteiger partial charge in [0, 0.05) is 39.0 Å². The van der Waals surface area contributed by atoms with Crippen molar-refractivity contribution >= 4 is 5.96 Å². The summed E-state index contributed by atoms with van der Waals surface area (Å²) in [6.45, 7) is 12.3. The highest BCUT2D eigenvalue weighted by atomic mass is 16.5. The van der Waals surface area contributed by atoms with Gasteiger partial charge < -0.3 is 15.4 Å². The number of nitrogens with one attached hydrogen (secondary N) is 2. The molecule has 0 saturated heterocycles. The van der Waals surface area contributed by atoms with Crippen LogP contribution in [0.1, 0.15) is 25.2 Å². The van der Waals surface area contributed by atoms with E-state index < -0.39 is 0 Å². The Bertz CT molecular complexity index is 441. The monoisotopic (exact) mass is 295 g/mol. The molecule has 1 rings (SSSR count). The Morgan fingerprint density at radius 3 is 2.76 bits per heavy atom. The molecule has 120 valence electrons. The number of ether oxygens (including phenoxy) is 1. The first-order valence-electron chi connectivity index (χ1n) is 7.60. The third-order valence-corrected chi connectivity index (χ3v) is 3.17. The summed E-state index contributed by atoms with van der Waals surface area (Å²) in [7, 11) is 1.78. The normalized spacial score (nSPS) is 13.3. The Morgan fingerprint density at radius 2 is 2.19 bits per heavy atom. The fraction of sp³-hybridized carbons (Fsp3) is 0.733. The van der Waals surface area contributed by atoms with Crippen molar-refractivity contribution in [2.45, 2.75) is 34.2 Å². The maximum Gasteiger partial charge on any atom is 0.191 e. The van der Waals surface area contributed by atoms with Gasteiger partial charge in [-0.05, 0) is 32.8 Å². The lowest BCUT2D eigenvalue weighted by atomic mass is 10.2. The van der Waals surface area contributed by atoms with Crippen molar-refractivity contribution < 1.29 is 4.74 Å². The number of aryl methyl sites for hydroxylation is 2. The number of guanidine groups is 1. The predicted octanol–water partition coefficient (Wildman–Crippen LogP) is 1.34. The van der Waals surface area contributed by atoms with Crippen LogP contribution in [-0.2, 0) is 11.3 Å². The summed E-state index contributed by atoms with van der Waals surface area (Å²) < 4.78 is 7.35. The minimum atomic E-state index is 0.466. The molecule has 0 aliphatic carbocycles. The van der Waals surface area contributed by atoms with E-state index in [1.165, 1.54) is 5.69 Å². The highest BCUT2D eigenvalue weighted by molar-refractivity contribution is 5.79. The molecule has 0 aliphatic heterocycles. The average Bonchev–Trinajstić information content (AvgIpc) is 2.76. The van der Waals surface area contributed by atoms with Crippen molar-refractivity contribution in [3.8, 4) is 0 Å². The summed E-state index contributed by atoms with van der Waals surface area (Å²) in [5.41, 5.74) is 2.28. The number of hydrogen-bond acceptors (Lipinski definition) is 3. The van der Waals surface area contributed by atoms with Gasteiger partial charge in [0.15, 0.2) is 5.96 Å². The van der Waals surface area contributed by atoms with Crippen molar-refractivity contribution in [3.05, 3.63) is 17.5 Å². The molecule has 1 aromatic heterocycles. The second-order valence-corrected chi connectivity index (χ2v) is 5.29. The van der Waals surface area contributed by atoms with Gasteiger partial charge in [0.05, 0.1) is 12.3 Å². The van der Waals surface area contributed by atoms with E-state index in [-0.39, 0.29) is 0 Å². The lowest BCUT2D eigenvalue weighted by Gasteiger charge is -2.16. The van der Waals surface area contributed by atoms with Gasteiger partial charge in [-0.25, -0.2) is 0 Å². The molecule has 6 nitrogen and oxygen atoms in total. The smallest absolute Gasteiger partial charge is 0.191 e. The zero-order valence-electron chi connectivity index (χ0n) is 13.9. The first-order valence-corrected chi connectivity index (χ1v) is 7.60. The molecule has 0 amide bonds. The van der Waals surface area contributed by atoms with Crippen LogP contribution in [0.3, 0.4) is 0 Å². The van der Waals surface area contributed by atoms with E-state index in [4.69, 9.17) is 4.74 Å². The second kappa shape index (κ2) is 9.39. The average molecular weight is 295 g/mol. The molecular weight excluding hydrogens is 266 g/mol. The summed E-state index contributed by atoms with van der Waals surface area (Å²) in [6.07, 6.45) is 0. The molecule has 0 aliphatic rings. The van der Waals surface area contributed by atoms with E-state index in [1.54, 1.807) is 7.05 Å². The minimum absolute atomic E-state index is 0.466. The highest BCUT2D eigenvalue weighted by Crippen LogP contribution is 2.05. The molecule has 0 spiro atoms. The van der Waals surface area contributed by atoms with Crippen LogP contribution in [0.5, 0.6) is 0 Å². The molecule has 2 N–H and O–H groups in total. The van der Waals surface area contributed by atoms with Crippen molar-refractivity contribution in [2.75, 3.05) is 33.4 Å². The molecular formula is C15H29N5O. The number of aromatic nitrogens is 2. The van der Waals surface area contributed by atoms with Gasteiger partial charge in [-0.15, -0.1) is 0 Å². The van der Waals surface area contributed by atoms with E-state index in [2.05, 4.69) is 45.3 Å². The van der Waals surface area contributed by atoms with Gasteiger partial charge >= 0.3 is 0 Å². The molecule has 1 heterocycles. The molecule has 1 aromatic rings. The number of hydrogen-bond donors (Lipinski definition) is 2. The lowest BCUT2D eigenvalue weighted by Crippen LogP contribution is -2.41. The van der Waals surface area contributed by atoms with Crippen molar-refractivity contribution in [1.29, 1.82) is 0 Å². The van der Waals surface area contributed by atoms with Gasteiger partial charge in [0.2, 0.25) is 0 Å². The third-order valence-electron chi connectivity index (χ3n) is 3.17. The Kier molecular flexibility index (Phi) is 7.82. The van der Waals surface area contributed by atoms with E-state index in [0.29, 0.717) is 12.5 Å². The quantitative estimate of drug-likeness (QED) is 0.431. The van der Waals surface area contributed by atoms with Crippen LogP contribution in [-0.4, -0.2) is 49.1 Å². The highest BCUT2D eigenvalue weighted by Gasteiger charge is 2.08. The minimum Gasteiger partial charge on any atom is -0.380 e. The maximum atomic E-state index is 5.29. The van der Waals surface area contributed by atoms with Gasteiger partial charge in [-0.3, -0.25) is 9.67 Å². The van der Waals surface area contributed by atoms with Gasteiger partial charge in [0.25, 0.3) is 0 Å². The zero-order valence-corrected chi connectivity index (χ0v) is 13.9. The Hall–Kier alpha value is -1.56. The summed E-state index contributed by atoms with van der Waals surface area (Å²) in [5.74, 6) is 1.28. The lowest BCUT2D eigenvalue weighted by molar-refractivity contribution is 0.152. The molecule has 0 saturated carbocycles. The predicted molar refractivity (Wildman–Crippen MR) is 86.7 cm³/mol. The largest absolute Gasteiger partial charge is 0.380 e. The standard InChI is InChI=1S/C15H29N5O/c1-6-21-8-7-17-15(16-5)18-10-12(2)11-20-14(4)9-13(3)19-20/h9,12H,6-8,10-11H2,1-5H3,(H2,16,17,18). The van der Waals surface area contributed by atoms with E-state index in [0.717, 1.165) is 37.9 Å². The van der Waals surface area contributed by atoms with Crippen LogP contribution in [0.2, 0.25) is 0 Å². The van der Waals surface area contributed by atoms with Crippen LogP contribution >= 0.6 is 0 Å². The summed E-state index contributed by atoms with van der Waals surface area (Å²) >= 11 is 0. The molecule has 6 heteroatoms. The Labute approximate surface area is 128 Å². The van der Waals surface area contributed by atoms with E-state index in [1.807, 2.05) is 13.8 Å². The van der Waals surface area contributed by atoms with Gasteiger partial charge in [-0.1, -0.05) is 6.92 Å². The fourth-order valence-corrected chi connectivity index (χ4v) is 2.10.